The second-order valence-electron chi connectivity index (χ2n) is 8.04. The first-order valence-electron chi connectivity index (χ1n) is 8.21. The maximum Gasteiger partial charge on any atom is 0.129 e. The van der Waals surface area contributed by atoms with Gasteiger partial charge in [0.2, 0.25) is 0 Å². The van der Waals surface area contributed by atoms with Crippen LogP contribution in [0.4, 0.5) is 0 Å². The second-order valence-corrected chi connectivity index (χ2v) is 8.04. The molecule has 0 saturated carbocycles. The van der Waals surface area contributed by atoms with E-state index in [0.717, 1.165) is 0 Å². The van der Waals surface area contributed by atoms with Crippen LogP contribution in [0.25, 0.3) is 0 Å². The van der Waals surface area contributed by atoms with E-state index >= 15 is 0 Å². The zero-order valence-electron chi connectivity index (χ0n) is 16.5. The van der Waals surface area contributed by atoms with Crippen LogP contribution in [0.5, 0.6) is 0 Å². The fourth-order valence-electron chi connectivity index (χ4n) is 2.58. The van der Waals surface area contributed by atoms with Crippen LogP contribution in [-0.2, 0) is 9.47 Å². The smallest absolute Gasteiger partial charge is 0.129 e. The largest absolute Gasteiger partial charge is 1.00 e. The average Bonchev–Trinajstić information content (AvgIpc) is 2.34. The number of quaternary nitrogens is 2. The summed E-state index contributed by atoms with van der Waals surface area (Å²) in [5, 5.41) is 29.0. The second kappa shape index (κ2) is 14.4. The molecular weight excluding hydrogens is 371 g/mol. The average molecular weight is 409 g/mol. The zero-order chi connectivity index (χ0) is 18.1. The molecule has 0 aromatic carbocycles. The maximum absolute atomic E-state index is 10.3. The molecular formula is C16H38Cl2N2O5. The molecule has 0 radical (unpaired) electrons. The van der Waals surface area contributed by atoms with E-state index < -0.39 is 12.2 Å². The Bertz CT molecular complexity index is 312. The van der Waals surface area contributed by atoms with Crippen LogP contribution in [-0.4, -0.2) is 124 Å². The van der Waals surface area contributed by atoms with Gasteiger partial charge in [-0.3, -0.25) is 0 Å². The number of aliphatic hydroxyl groups is 3. The number of aliphatic hydroxyl groups excluding tert-OH is 3. The van der Waals surface area contributed by atoms with Gasteiger partial charge >= 0.3 is 0 Å². The van der Waals surface area contributed by atoms with Crippen molar-refractivity contribution in [2.24, 2.45) is 0 Å². The molecule has 0 rings (SSSR count). The third-order valence-corrected chi connectivity index (χ3v) is 3.59. The van der Waals surface area contributed by atoms with E-state index in [1.165, 1.54) is 0 Å². The topological polar surface area (TPSA) is 79.2 Å². The van der Waals surface area contributed by atoms with Crippen LogP contribution in [0.2, 0.25) is 0 Å². The Balaban J connectivity index is -0.00000242. The fourth-order valence-corrected chi connectivity index (χ4v) is 2.58. The molecule has 0 amide bonds. The minimum absolute atomic E-state index is 0. The predicted octanol–water partition coefficient (Wildman–Crippen LogP) is -7.09. The van der Waals surface area contributed by atoms with Crippen molar-refractivity contribution >= 4 is 0 Å². The van der Waals surface area contributed by atoms with E-state index in [4.69, 9.17) is 14.6 Å². The summed E-state index contributed by atoms with van der Waals surface area (Å²) in [6.45, 7) is 1.80. The Morgan fingerprint density at radius 1 is 0.840 bits per heavy atom. The van der Waals surface area contributed by atoms with Crippen molar-refractivity contribution in [2.45, 2.75) is 24.7 Å². The quantitative estimate of drug-likeness (QED) is 0.208. The first-order chi connectivity index (χ1) is 10.5. The number of nitrogens with zero attached hydrogens (tertiary/aromatic N) is 2. The molecule has 9 heteroatoms. The molecule has 0 spiro atoms. The lowest BCUT2D eigenvalue weighted by molar-refractivity contribution is -0.900. The van der Waals surface area contributed by atoms with Crippen LogP contribution < -0.4 is 24.8 Å². The van der Waals surface area contributed by atoms with Crippen LogP contribution in [0, 0.1) is 0 Å². The highest BCUT2D eigenvalue weighted by Gasteiger charge is 2.31. The van der Waals surface area contributed by atoms with Crippen LogP contribution in [0.1, 0.15) is 6.42 Å². The normalized spacial score (nSPS) is 15.7. The van der Waals surface area contributed by atoms with Crippen molar-refractivity contribution in [2.75, 3.05) is 81.9 Å². The first kappa shape index (κ1) is 30.0. The molecule has 0 aromatic heterocycles. The summed E-state index contributed by atoms with van der Waals surface area (Å²) in [7, 11) is 12.1. The number of halogens is 2. The van der Waals surface area contributed by atoms with Gasteiger partial charge in [0.1, 0.15) is 24.8 Å². The van der Waals surface area contributed by atoms with E-state index in [9.17, 15) is 10.2 Å². The van der Waals surface area contributed by atoms with Crippen molar-refractivity contribution in [3.8, 4) is 0 Å². The molecule has 0 aromatic rings. The molecule has 0 bridgehead atoms. The first-order valence-corrected chi connectivity index (χ1v) is 8.21. The van der Waals surface area contributed by atoms with E-state index in [1.54, 1.807) is 0 Å². The Morgan fingerprint density at radius 3 is 1.80 bits per heavy atom. The lowest BCUT2D eigenvalue weighted by Crippen LogP contribution is -3.00. The van der Waals surface area contributed by atoms with Gasteiger partial charge in [0.15, 0.2) is 0 Å². The SMILES string of the molecule is C[N+](C)(C)CC(O)COCCC(C(O)COCCO)[N+](C)(C)C.[Cl-].[Cl-]. The third-order valence-electron chi connectivity index (χ3n) is 3.59. The fraction of sp³-hybridized carbons (Fsp3) is 1.00. The van der Waals surface area contributed by atoms with E-state index in [-0.39, 0.29) is 50.7 Å². The molecule has 25 heavy (non-hydrogen) atoms. The standard InChI is InChI=1S/C16H38N2O5.2ClH/c1-17(2,3)11-14(20)12-22-9-7-15(18(4,5)6)16(21)13-23-10-8-19;;/h14-16,19-21H,7-13H2,1-6H3;2*1H/q+2;;/p-2. The van der Waals surface area contributed by atoms with Crippen molar-refractivity contribution < 1.29 is 58.6 Å². The molecule has 0 aliphatic rings. The van der Waals surface area contributed by atoms with Gasteiger partial charge in [0, 0.05) is 6.42 Å². The highest BCUT2D eigenvalue weighted by molar-refractivity contribution is 4.69. The molecule has 0 fully saturated rings. The van der Waals surface area contributed by atoms with Crippen LogP contribution >= 0.6 is 0 Å². The Labute approximate surface area is 165 Å². The van der Waals surface area contributed by atoms with E-state index in [1.807, 2.05) is 42.3 Å². The molecule has 3 atom stereocenters. The molecule has 3 unspecified atom stereocenters. The summed E-state index contributed by atoms with van der Waals surface area (Å²) in [4.78, 5) is 0. The predicted molar refractivity (Wildman–Crippen MR) is 90.1 cm³/mol. The summed E-state index contributed by atoms with van der Waals surface area (Å²) in [6, 6.07) is -0.0377. The summed E-state index contributed by atoms with van der Waals surface area (Å²) in [5.74, 6) is 0. The highest BCUT2D eigenvalue weighted by atomic mass is 35.5. The van der Waals surface area contributed by atoms with Gasteiger partial charge < -0.3 is 58.6 Å². The zero-order valence-corrected chi connectivity index (χ0v) is 18.0. The Morgan fingerprint density at radius 2 is 1.36 bits per heavy atom. The van der Waals surface area contributed by atoms with Gasteiger partial charge in [0.05, 0.1) is 75.3 Å². The van der Waals surface area contributed by atoms with Gasteiger partial charge in [-0.15, -0.1) is 0 Å². The lowest BCUT2D eigenvalue weighted by Gasteiger charge is -2.37. The van der Waals surface area contributed by atoms with Gasteiger partial charge in [-0.2, -0.15) is 0 Å². The van der Waals surface area contributed by atoms with Gasteiger partial charge in [0.25, 0.3) is 0 Å². The maximum atomic E-state index is 10.3. The van der Waals surface area contributed by atoms with Crippen molar-refractivity contribution in [3.63, 3.8) is 0 Å². The number of rotatable bonds is 13. The molecule has 0 aliphatic heterocycles. The van der Waals surface area contributed by atoms with Crippen molar-refractivity contribution in [3.05, 3.63) is 0 Å². The molecule has 156 valence electrons. The minimum Gasteiger partial charge on any atom is -1.00 e. The number of hydrogen-bond acceptors (Lipinski definition) is 5. The van der Waals surface area contributed by atoms with Crippen molar-refractivity contribution in [1.29, 1.82) is 0 Å². The minimum atomic E-state index is -0.624. The molecule has 3 N–H and O–H groups in total. The molecule has 0 saturated heterocycles. The molecule has 0 heterocycles. The van der Waals surface area contributed by atoms with Gasteiger partial charge in [-0.25, -0.2) is 0 Å². The Kier molecular flexibility index (Phi) is 17.3. The third kappa shape index (κ3) is 16.2. The van der Waals surface area contributed by atoms with Gasteiger partial charge in [-0.1, -0.05) is 0 Å². The summed E-state index contributed by atoms with van der Waals surface area (Å²) >= 11 is 0. The summed E-state index contributed by atoms with van der Waals surface area (Å²) in [5.41, 5.74) is 0. The van der Waals surface area contributed by atoms with E-state index in [2.05, 4.69) is 0 Å². The lowest BCUT2D eigenvalue weighted by atomic mass is 10.1. The van der Waals surface area contributed by atoms with Crippen LogP contribution in [0.15, 0.2) is 0 Å². The number of hydrogen-bond donors (Lipinski definition) is 3. The van der Waals surface area contributed by atoms with E-state index in [0.29, 0.717) is 35.1 Å². The number of ether oxygens (including phenoxy) is 2. The summed E-state index contributed by atoms with van der Waals surface area (Å²) < 4.78 is 12.1. The Hall–Kier alpha value is 0.300. The highest BCUT2D eigenvalue weighted by Crippen LogP contribution is 2.13. The molecule has 7 nitrogen and oxygen atoms in total. The summed E-state index contributed by atoms with van der Waals surface area (Å²) in [6.07, 6.45) is -0.443. The van der Waals surface area contributed by atoms with Crippen LogP contribution in [0.3, 0.4) is 0 Å². The molecule has 0 aliphatic carbocycles. The monoisotopic (exact) mass is 408 g/mol. The van der Waals surface area contributed by atoms with Crippen molar-refractivity contribution in [1.82, 2.24) is 0 Å². The van der Waals surface area contributed by atoms with Gasteiger partial charge in [-0.05, 0) is 0 Å². The number of likely N-dealkylation sites (N-methyl/N-ethyl adjacent to an activating group) is 2.